The van der Waals surface area contributed by atoms with E-state index >= 15 is 0 Å². The number of carboxylic acids is 1. The largest absolute Gasteiger partial charge is 0.481 e. The van der Waals surface area contributed by atoms with Crippen LogP contribution >= 0.6 is 0 Å². The number of hydrogen-bond acceptors (Lipinski definition) is 3. The number of hydrogen-bond donors (Lipinski definition) is 2. The first-order valence-electron chi connectivity index (χ1n) is 10.2. The summed E-state index contributed by atoms with van der Waals surface area (Å²) < 4.78 is 0. The van der Waals surface area contributed by atoms with Gasteiger partial charge in [-0.05, 0) is 74.5 Å². The average Bonchev–Trinajstić information content (AvgIpc) is 2.98. The minimum absolute atomic E-state index is 0.00131. The molecule has 0 aromatic rings. The fourth-order valence-corrected chi connectivity index (χ4v) is 6.76. The molecule has 0 aromatic heterocycles. The van der Waals surface area contributed by atoms with Crippen LogP contribution in [0.2, 0.25) is 0 Å². The van der Waals surface area contributed by atoms with Crippen LogP contribution in [-0.2, 0) is 14.4 Å². The second-order valence-electron chi connectivity index (χ2n) is 9.35. The number of carbonyl (C=O) groups excluding carboxylic acids is 2. The first kappa shape index (κ1) is 17.8. The molecule has 6 nitrogen and oxygen atoms in total. The molecule has 4 saturated carbocycles. The lowest BCUT2D eigenvalue weighted by Gasteiger charge is -2.56. The summed E-state index contributed by atoms with van der Waals surface area (Å²) in [5.74, 6) is 1.42. The number of likely N-dealkylation sites (tertiary alicyclic amines) is 1. The summed E-state index contributed by atoms with van der Waals surface area (Å²) in [5.41, 5.74) is 0.182. The molecule has 0 spiro atoms. The van der Waals surface area contributed by atoms with Gasteiger partial charge in [-0.15, -0.1) is 0 Å². The molecule has 1 unspecified atom stereocenters. The third-order valence-corrected chi connectivity index (χ3v) is 7.25. The predicted molar refractivity (Wildman–Crippen MR) is 95.2 cm³/mol. The van der Waals surface area contributed by atoms with E-state index in [0.29, 0.717) is 13.0 Å². The second-order valence-corrected chi connectivity index (χ2v) is 9.35. The van der Waals surface area contributed by atoms with Crippen LogP contribution in [0.25, 0.3) is 0 Å². The molecule has 1 aliphatic heterocycles. The highest BCUT2D eigenvalue weighted by molar-refractivity contribution is 5.85. The van der Waals surface area contributed by atoms with Crippen molar-refractivity contribution in [3.05, 3.63) is 0 Å². The van der Waals surface area contributed by atoms with E-state index in [1.165, 1.54) is 38.5 Å². The second kappa shape index (κ2) is 6.86. The first-order valence-corrected chi connectivity index (χ1v) is 10.2. The highest BCUT2D eigenvalue weighted by Gasteiger charge is 2.51. The lowest BCUT2D eigenvalue weighted by molar-refractivity contribution is -0.140. The molecule has 5 rings (SSSR count). The number of amides is 2. The number of carbonyl (C=O) groups is 3. The molecule has 1 atom stereocenters. The monoisotopic (exact) mass is 362 g/mol. The van der Waals surface area contributed by atoms with E-state index in [4.69, 9.17) is 5.11 Å². The Labute approximate surface area is 154 Å². The summed E-state index contributed by atoms with van der Waals surface area (Å²) in [5, 5.41) is 11.8. The van der Waals surface area contributed by atoms with Crippen LogP contribution in [-0.4, -0.2) is 46.9 Å². The van der Waals surface area contributed by atoms with Crippen LogP contribution in [0.15, 0.2) is 0 Å². The van der Waals surface area contributed by atoms with Crippen molar-refractivity contribution >= 4 is 17.8 Å². The molecule has 2 amide bonds. The van der Waals surface area contributed by atoms with Gasteiger partial charge in [0.15, 0.2) is 0 Å². The van der Waals surface area contributed by atoms with E-state index in [2.05, 4.69) is 5.32 Å². The maximum Gasteiger partial charge on any atom is 0.305 e. The predicted octanol–water partition coefficient (Wildman–Crippen LogP) is 2.17. The zero-order valence-corrected chi connectivity index (χ0v) is 15.4. The van der Waals surface area contributed by atoms with Gasteiger partial charge in [-0.2, -0.15) is 0 Å². The van der Waals surface area contributed by atoms with Gasteiger partial charge in [-0.1, -0.05) is 0 Å². The minimum Gasteiger partial charge on any atom is -0.481 e. The van der Waals surface area contributed by atoms with Gasteiger partial charge >= 0.3 is 5.97 Å². The van der Waals surface area contributed by atoms with E-state index in [1.54, 1.807) is 4.90 Å². The summed E-state index contributed by atoms with van der Waals surface area (Å²) in [6.07, 6.45) is 9.77. The number of aliphatic carboxylic acids is 1. The van der Waals surface area contributed by atoms with Crippen molar-refractivity contribution in [3.63, 3.8) is 0 Å². The fourth-order valence-electron chi connectivity index (χ4n) is 6.76. The summed E-state index contributed by atoms with van der Waals surface area (Å²) in [6, 6.07) is -0.222. The number of carboxylic acid groups (broad SMARTS) is 1. The number of nitrogens with one attached hydrogen (secondary N) is 1. The average molecular weight is 362 g/mol. The quantitative estimate of drug-likeness (QED) is 0.758. The van der Waals surface area contributed by atoms with E-state index < -0.39 is 5.97 Å². The molecule has 2 N–H and O–H groups in total. The van der Waals surface area contributed by atoms with Crippen molar-refractivity contribution in [3.8, 4) is 0 Å². The zero-order chi connectivity index (χ0) is 18.3. The molecule has 5 fully saturated rings. The van der Waals surface area contributed by atoms with Crippen LogP contribution in [0.1, 0.15) is 64.2 Å². The normalized spacial score (nSPS) is 37.8. The van der Waals surface area contributed by atoms with E-state index in [1.807, 2.05) is 0 Å². The molecule has 26 heavy (non-hydrogen) atoms. The van der Waals surface area contributed by atoms with Gasteiger partial charge in [0.1, 0.15) is 0 Å². The summed E-state index contributed by atoms with van der Waals surface area (Å²) in [7, 11) is 0. The van der Waals surface area contributed by atoms with Crippen molar-refractivity contribution in [1.29, 1.82) is 0 Å². The highest BCUT2D eigenvalue weighted by atomic mass is 16.4. The first-order chi connectivity index (χ1) is 12.4. The van der Waals surface area contributed by atoms with Gasteiger partial charge in [-0.3, -0.25) is 14.4 Å². The van der Waals surface area contributed by atoms with Gasteiger partial charge in [0.25, 0.3) is 0 Å². The highest BCUT2D eigenvalue weighted by Crippen LogP contribution is 2.61. The maximum absolute atomic E-state index is 12.5. The van der Waals surface area contributed by atoms with Crippen LogP contribution in [0, 0.1) is 23.2 Å². The molecular weight excluding hydrogens is 332 g/mol. The van der Waals surface area contributed by atoms with Crippen molar-refractivity contribution in [1.82, 2.24) is 10.2 Å². The minimum atomic E-state index is -0.874. The van der Waals surface area contributed by atoms with Crippen LogP contribution < -0.4 is 5.32 Å². The SMILES string of the molecule is O=C(O)CC1CCCN1C(=O)CNC(=O)CC12CC3CC(CC(C3)C1)C2. The lowest BCUT2D eigenvalue weighted by atomic mass is 9.49. The van der Waals surface area contributed by atoms with Gasteiger partial charge < -0.3 is 15.3 Å². The third-order valence-electron chi connectivity index (χ3n) is 7.25. The number of nitrogens with zero attached hydrogens (tertiary/aromatic N) is 1. The van der Waals surface area contributed by atoms with Gasteiger partial charge in [0.2, 0.25) is 11.8 Å². The molecule has 144 valence electrons. The van der Waals surface area contributed by atoms with Crippen LogP contribution in [0.4, 0.5) is 0 Å². The number of rotatable bonds is 6. The van der Waals surface area contributed by atoms with Crippen molar-refractivity contribution in [2.45, 2.75) is 70.3 Å². The molecule has 0 aromatic carbocycles. The third kappa shape index (κ3) is 3.60. The van der Waals surface area contributed by atoms with Crippen molar-refractivity contribution < 1.29 is 19.5 Å². The Bertz CT molecular complexity index is 567. The maximum atomic E-state index is 12.5. The molecule has 1 heterocycles. The summed E-state index contributed by atoms with van der Waals surface area (Å²) in [6.45, 7) is 0.600. The van der Waals surface area contributed by atoms with Crippen LogP contribution in [0.5, 0.6) is 0 Å². The molecule has 4 aliphatic carbocycles. The van der Waals surface area contributed by atoms with Crippen molar-refractivity contribution in [2.24, 2.45) is 23.2 Å². The smallest absolute Gasteiger partial charge is 0.305 e. The standard InChI is InChI=1S/C20H30N2O4/c23-17(11-20-8-13-4-14(9-20)6-15(5-13)10-20)21-12-18(24)22-3-1-2-16(22)7-19(25)26/h13-16H,1-12H2,(H,21,23)(H,25,26). The topological polar surface area (TPSA) is 86.7 Å². The Morgan fingerprint density at radius 3 is 2.23 bits per heavy atom. The Morgan fingerprint density at radius 1 is 1.04 bits per heavy atom. The van der Waals surface area contributed by atoms with Crippen molar-refractivity contribution in [2.75, 3.05) is 13.1 Å². The molecule has 1 saturated heterocycles. The Kier molecular flexibility index (Phi) is 4.70. The van der Waals surface area contributed by atoms with E-state index in [-0.39, 0.29) is 36.2 Å². The van der Waals surface area contributed by atoms with E-state index in [9.17, 15) is 14.4 Å². The molecular formula is C20H30N2O4. The molecule has 5 aliphatic rings. The van der Waals surface area contributed by atoms with Gasteiger partial charge in [0.05, 0.1) is 13.0 Å². The summed E-state index contributed by atoms with van der Waals surface area (Å²) in [4.78, 5) is 37.5. The fraction of sp³-hybridized carbons (Fsp3) is 0.850. The Balaban J connectivity index is 1.28. The van der Waals surface area contributed by atoms with Crippen LogP contribution in [0.3, 0.4) is 0 Å². The Morgan fingerprint density at radius 2 is 1.65 bits per heavy atom. The molecule has 0 radical (unpaired) electrons. The Hall–Kier alpha value is -1.59. The van der Waals surface area contributed by atoms with Gasteiger partial charge in [-0.25, -0.2) is 0 Å². The molecule has 4 bridgehead atoms. The van der Waals surface area contributed by atoms with E-state index in [0.717, 1.165) is 30.6 Å². The zero-order valence-electron chi connectivity index (χ0n) is 15.4. The summed E-state index contributed by atoms with van der Waals surface area (Å²) >= 11 is 0. The van der Waals surface area contributed by atoms with Gasteiger partial charge in [0, 0.05) is 19.0 Å². The molecule has 6 heteroatoms. The lowest BCUT2D eigenvalue weighted by Crippen LogP contribution is -2.49.